The molecule has 10 nitrogen and oxygen atoms in total. The van der Waals surface area contributed by atoms with E-state index in [0.717, 1.165) is 17.3 Å². The molecule has 0 unspecified atom stereocenters. The molecule has 2 rings (SSSR count). The number of nitrogens with zero attached hydrogens (tertiary/aromatic N) is 3. The van der Waals surface area contributed by atoms with Crippen molar-refractivity contribution in [2.75, 3.05) is 26.6 Å². The molecule has 13 heteroatoms. The van der Waals surface area contributed by atoms with Crippen LogP contribution >= 0.6 is 11.8 Å². The van der Waals surface area contributed by atoms with Crippen LogP contribution in [0.25, 0.3) is 0 Å². The average Bonchev–Trinajstić information content (AvgIpc) is 3.04. The first-order valence-electron chi connectivity index (χ1n) is 16.8. The fourth-order valence-electron chi connectivity index (χ4n) is 6.07. The van der Waals surface area contributed by atoms with Crippen LogP contribution in [-0.4, -0.2) is 63.4 Å². The lowest BCUT2D eigenvalue weighted by molar-refractivity contribution is 0.0523. The second-order valence-electron chi connectivity index (χ2n) is 13.7. The van der Waals surface area contributed by atoms with Crippen molar-refractivity contribution in [3.8, 4) is 11.8 Å². The molecule has 2 amide bonds. The van der Waals surface area contributed by atoms with E-state index in [0.29, 0.717) is 46.5 Å². The van der Waals surface area contributed by atoms with Crippen molar-refractivity contribution in [2.45, 2.75) is 104 Å². The van der Waals surface area contributed by atoms with E-state index < -0.39 is 31.9 Å². The predicted octanol–water partition coefficient (Wildman–Crippen LogP) is 9.50. The summed E-state index contributed by atoms with van der Waals surface area (Å²) >= 11 is 1.10. The summed E-state index contributed by atoms with van der Waals surface area (Å²) in [6, 6.07) is 10.2. The number of nitrogens with one attached hydrogen (secondary N) is 1. The Morgan fingerprint density at radius 2 is 1.68 bits per heavy atom. The van der Waals surface area contributed by atoms with Gasteiger partial charge >= 0.3 is 12.2 Å². The molecule has 1 N–H and O–H groups in total. The molecule has 0 saturated heterocycles. The van der Waals surface area contributed by atoms with Crippen LogP contribution in [0.2, 0.25) is 16.6 Å². The monoisotopic (exact) mass is 728 g/mol. The van der Waals surface area contributed by atoms with E-state index in [-0.39, 0.29) is 35.2 Å². The number of hydrogen-bond donors (Lipinski definition) is 1. The SMILES string of the molecule is CCc1cc(OCCO[Si](C(C)C)(C(C)C)C(C)C)c(F)c(C(=Nc2ccc(C#N)c(CNC(=O)OC(C)(C)C)c2)C(=NC(=O)OC)SC)c1. The Balaban J connectivity index is 2.63. The number of carbonyl (C=O) groups is 2. The number of amides is 2. The molecular formula is C37H53FN4O6SSi. The van der Waals surface area contributed by atoms with Crippen molar-refractivity contribution < 1.29 is 32.6 Å². The first kappa shape index (κ1) is 42.4. The van der Waals surface area contributed by atoms with Gasteiger partial charge in [-0.2, -0.15) is 10.3 Å². The molecule has 0 aliphatic carbocycles. The fraction of sp³-hybridized carbons (Fsp3) is 0.541. The zero-order valence-electron chi connectivity index (χ0n) is 31.5. The van der Waals surface area contributed by atoms with Crippen LogP contribution in [0.5, 0.6) is 5.75 Å². The fourth-order valence-corrected chi connectivity index (χ4v) is 12.0. The van der Waals surface area contributed by atoms with Gasteiger partial charge in [0.05, 0.1) is 31.0 Å². The van der Waals surface area contributed by atoms with Gasteiger partial charge in [-0.05, 0) is 91.5 Å². The molecule has 2 aromatic carbocycles. The van der Waals surface area contributed by atoms with Crippen LogP contribution in [0.3, 0.4) is 0 Å². The van der Waals surface area contributed by atoms with Gasteiger partial charge in [0.1, 0.15) is 23.0 Å². The lowest BCUT2D eigenvalue weighted by Gasteiger charge is -2.42. The largest absolute Gasteiger partial charge is 0.488 e. The second kappa shape index (κ2) is 19.0. The molecular weight excluding hydrogens is 676 g/mol. The third-order valence-electron chi connectivity index (χ3n) is 8.20. The van der Waals surface area contributed by atoms with Gasteiger partial charge in [-0.25, -0.2) is 19.0 Å². The number of aryl methyl sites for hydroxylation is 1. The zero-order chi connectivity index (χ0) is 37.8. The molecule has 274 valence electrons. The Kier molecular flexibility index (Phi) is 16.2. The number of halogens is 1. The number of alkyl carbamates (subject to hydrolysis) is 1. The van der Waals surface area contributed by atoms with Gasteiger partial charge in [0, 0.05) is 12.1 Å². The number of rotatable bonds is 14. The Morgan fingerprint density at radius 1 is 1.04 bits per heavy atom. The lowest BCUT2D eigenvalue weighted by Crippen LogP contribution is -2.48. The lowest BCUT2D eigenvalue weighted by atomic mass is 10.0. The van der Waals surface area contributed by atoms with E-state index in [1.165, 1.54) is 7.11 Å². The Morgan fingerprint density at radius 3 is 2.20 bits per heavy atom. The summed E-state index contributed by atoms with van der Waals surface area (Å²) in [5, 5.41) is 12.5. The van der Waals surface area contributed by atoms with Crippen LogP contribution in [0.15, 0.2) is 40.3 Å². The molecule has 2 aromatic rings. The van der Waals surface area contributed by atoms with Crippen LogP contribution in [0.4, 0.5) is 19.7 Å². The number of aliphatic imine (C=N–C) groups is 2. The molecule has 0 saturated carbocycles. The second-order valence-corrected chi connectivity index (χ2v) is 19.9. The van der Waals surface area contributed by atoms with Crippen molar-refractivity contribution in [3.63, 3.8) is 0 Å². The number of hydrogen-bond acceptors (Lipinski definition) is 9. The van der Waals surface area contributed by atoms with E-state index >= 15 is 4.39 Å². The van der Waals surface area contributed by atoms with Gasteiger partial charge in [0.15, 0.2) is 19.9 Å². The highest BCUT2D eigenvalue weighted by Gasteiger charge is 2.44. The summed E-state index contributed by atoms with van der Waals surface area (Å²) in [4.78, 5) is 33.5. The normalized spacial score (nSPS) is 12.7. The highest BCUT2D eigenvalue weighted by molar-refractivity contribution is 8.15. The third-order valence-corrected chi connectivity index (χ3v) is 15.0. The molecule has 0 aliphatic rings. The van der Waals surface area contributed by atoms with Crippen LogP contribution < -0.4 is 10.1 Å². The summed E-state index contributed by atoms with van der Waals surface area (Å²) in [7, 11) is -0.947. The third kappa shape index (κ3) is 11.4. The summed E-state index contributed by atoms with van der Waals surface area (Å²) in [6.07, 6.45) is 0.736. The topological polar surface area (TPSA) is 132 Å². The average molecular weight is 729 g/mol. The minimum atomic E-state index is -2.15. The molecule has 0 aromatic heterocycles. The maximum Gasteiger partial charge on any atom is 0.434 e. The zero-order valence-corrected chi connectivity index (χ0v) is 33.3. The van der Waals surface area contributed by atoms with Crippen LogP contribution in [0, 0.1) is 17.1 Å². The number of thioether (sulfide) groups is 1. The van der Waals surface area contributed by atoms with Crippen molar-refractivity contribution >= 4 is 48.7 Å². The first-order valence-corrected chi connectivity index (χ1v) is 20.2. The summed E-state index contributed by atoms with van der Waals surface area (Å²) in [5.41, 5.74) is 2.50. The molecule has 0 aliphatic heterocycles. The summed E-state index contributed by atoms with van der Waals surface area (Å²) in [5.74, 6) is -0.643. The molecule has 0 spiro atoms. The highest BCUT2D eigenvalue weighted by atomic mass is 32.2. The van der Waals surface area contributed by atoms with Gasteiger partial charge < -0.3 is 24.0 Å². The number of ether oxygens (including phenoxy) is 3. The maximum absolute atomic E-state index is 16.5. The van der Waals surface area contributed by atoms with Gasteiger partial charge in [0.2, 0.25) is 0 Å². The maximum atomic E-state index is 16.5. The number of methoxy groups -OCH3 is 1. The standard InChI is InChI=1S/C37H53FN4O6SSi/c1-13-26-18-30(32(38)31(19-26)46-16-17-47-50(23(2)3,24(4)5)25(6)7)33(34(49-12)42-36(44)45-11)41-29-15-14-27(21-39)28(20-29)22-40-35(43)48-37(8,9)10/h14-15,18-20,23-25H,13,16-17,22H2,1-12H3,(H,40,43). The molecule has 0 radical (unpaired) electrons. The van der Waals surface area contributed by atoms with Crippen molar-refractivity contribution in [2.24, 2.45) is 9.98 Å². The van der Waals surface area contributed by atoms with E-state index in [1.807, 2.05) is 6.92 Å². The van der Waals surface area contributed by atoms with Gasteiger partial charge in [-0.1, -0.05) is 48.5 Å². The van der Waals surface area contributed by atoms with Gasteiger partial charge in [0.25, 0.3) is 0 Å². The minimum Gasteiger partial charge on any atom is -0.488 e. The highest BCUT2D eigenvalue weighted by Crippen LogP contribution is 2.42. The predicted molar refractivity (Wildman–Crippen MR) is 202 cm³/mol. The Hall–Kier alpha value is -3.73. The van der Waals surface area contributed by atoms with Crippen LogP contribution in [0.1, 0.15) is 91.5 Å². The smallest absolute Gasteiger partial charge is 0.434 e. The molecule has 0 fully saturated rings. The molecule has 50 heavy (non-hydrogen) atoms. The van der Waals surface area contributed by atoms with E-state index in [1.54, 1.807) is 57.4 Å². The van der Waals surface area contributed by atoms with E-state index in [9.17, 15) is 14.9 Å². The summed E-state index contributed by atoms with van der Waals surface area (Å²) in [6.45, 7) is 20.9. The van der Waals surface area contributed by atoms with Crippen LogP contribution in [-0.2, 0) is 26.9 Å². The molecule has 0 atom stereocenters. The van der Waals surface area contributed by atoms with Crippen molar-refractivity contribution in [1.82, 2.24) is 5.32 Å². The van der Waals surface area contributed by atoms with E-state index in [2.05, 4.69) is 57.9 Å². The van der Waals surface area contributed by atoms with Crippen molar-refractivity contribution in [1.29, 1.82) is 5.26 Å². The van der Waals surface area contributed by atoms with Crippen molar-refractivity contribution in [3.05, 3.63) is 58.4 Å². The number of carbonyl (C=O) groups excluding carboxylic acids is 2. The van der Waals surface area contributed by atoms with E-state index in [4.69, 9.17) is 23.6 Å². The minimum absolute atomic E-state index is 0.0174. The van der Waals surface area contributed by atoms with Gasteiger partial charge in [-0.15, -0.1) is 11.8 Å². The molecule has 0 bridgehead atoms. The quantitative estimate of drug-likeness (QED) is 0.0881. The first-order chi connectivity index (χ1) is 23.4. The van der Waals surface area contributed by atoms with Gasteiger partial charge in [-0.3, -0.25) is 0 Å². The Labute approximate surface area is 302 Å². The number of benzene rings is 2. The number of nitriles is 1. The Bertz CT molecular complexity index is 1580. The molecule has 0 heterocycles. The summed E-state index contributed by atoms with van der Waals surface area (Å²) < 4.78 is 39.3.